The Hall–Kier alpha value is -3.88. The number of nitrogens with zero attached hydrogens (tertiary/aromatic N) is 2. The van der Waals surface area contributed by atoms with Gasteiger partial charge >= 0.3 is 0 Å². The van der Waals surface area contributed by atoms with Gasteiger partial charge in [-0.15, -0.1) is 11.3 Å². The first-order chi connectivity index (χ1) is 16.6. The molecule has 0 saturated heterocycles. The van der Waals surface area contributed by atoms with Gasteiger partial charge in [-0.05, 0) is 53.4 Å². The molecule has 170 valence electrons. The summed E-state index contributed by atoms with van der Waals surface area (Å²) < 4.78 is 36.9. The predicted octanol–water partition coefficient (Wildman–Crippen LogP) is 6.25. The van der Waals surface area contributed by atoms with E-state index in [1.807, 2.05) is 78.2 Å². The minimum Gasteiger partial charge on any atom is -0.457 e. The van der Waals surface area contributed by atoms with Crippen LogP contribution >= 0.6 is 11.3 Å². The highest BCUT2D eigenvalue weighted by molar-refractivity contribution is 7.92. The summed E-state index contributed by atoms with van der Waals surface area (Å²) >= 11 is 1.45. The van der Waals surface area contributed by atoms with Crippen molar-refractivity contribution in [2.75, 3.05) is 4.72 Å². The van der Waals surface area contributed by atoms with E-state index in [2.05, 4.69) is 9.82 Å². The maximum absolute atomic E-state index is 13.4. The average Bonchev–Trinajstić information content (AvgIpc) is 3.52. The van der Waals surface area contributed by atoms with Crippen LogP contribution in [0.3, 0.4) is 0 Å². The van der Waals surface area contributed by atoms with Gasteiger partial charge in [-0.25, -0.2) is 8.42 Å². The molecule has 0 aliphatic carbocycles. The van der Waals surface area contributed by atoms with E-state index in [0.29, 0.717) is 29.4 Å². The highest BCUT2D eigenvalue weighted by Crippen LogP contribution is 2.31. The fourth-order valence-corrected chi connectivity index (χ4v) is 5.47. The van der Waals surface area contributed by atoms with Crippen molar-refractivity contribution in [3.05, 3.63) is 114 Å². The van der Waals surface area contributed by atoms with Crippen molar-refractivity contribution in [2.24, 2.45) is 0 Å². The number of sulfonamides is 1. The lowest BCUT2D eigenvalue weighted by atomic mass is 10.2. The minimum absolute atomic E-state index is 0.135. The zero-order valence-corrected chi connectivity index (χ0v) is 19.7. The first-order valence-electron chi connectivity index (χ1n) is 10.6. The lowest BCUT2D eigenvalue weighted by molar-refractivity contribution is 0.483. The first kappa shape index (κ1) is 21.9. The quantitative estimate of drug-likeness (QED) is 0.281. The smallest absolute Gasteiger partial charge is 0.265 e. The Morgan fingerprint density at radius 3 is 2.18 bits per heavy atom. The molecule has 3 aromatic carbocycles. The van der Waals surface area contributed by atoms with Crippen LogP contribution in [-0.4, -0.2) is 18.2 Å². The summed E-state index contributed by atoms with van der Waals surface area (Å²) in [5.41, 5.74) is 1.91. The summed E-state index contributed by atoms with van der Waals surface area (Å²) in [4.78, 5) is 0.925. The zero-order valence-electron chi connectivity index (χ0n) is 18.0. The van der Waals surface area contributed by atoms with Gasteiger partial charge in [-0.2, -0.15) is 5.10 Å². The molecule has 5 aromatic rings. The molecule has 0 fully saturated rings. The van der Waals surface area contributed by atoms with Gasteiger partial charge in [0.2, 0.25) is 0 Å². The second-order valence-corrected chi connectivity index (χ2v) is 10.1. The number of anilines is 1. The number of hydrogen-bond acceptors (Lipinski definition) is 5. The molecule has 6 nitrogen and oxygen atoms in total. The fraction of sp³-hybridized carbons (Fsp3) is 0.0385. The van der Waals surface area contributed by atoms with E-state index in [-0.39, 0.29) is 4.90 Å². The predicted molar refractivity (Wildman–Crippen MR) is 135 cm³/mol. The number of hydrogen-bond donors (Lipinski definition) is 1. The molecule has 0 unspecified atom stereocenters. The van der Waals surface area contributed by atoms with E-state index in [1.165, 1.54) is 11.3 Å². The van der Waals surface area contributed by atoms with Gasteiger partial charge < -0.3 is 4.74 Å². The molecule has 0 aliphatic rings. The molecule has 0 radical (unpaired) electrons. The van der Waals surface area contributed by atoms with Crippen molar-refractivity contribution in [3.8, 4) is 22.1 Å². The van der Waals surface area contributed by atoms with Crippen LogP contribution in [0, 0.1) is 0 Å². The topological polar surface area (TPSA) is 73.2 Å². The SMILES string of the molecule is O=S(=O)(Nc1ccc(Oc2ccccc2)cc1)c1cn(Cc2ccccc2)nc1-c1cccs1. The molecule has 0 amide bonds. The molecule has 2 heterocycles. The van der Waals surface area contributed by atoms with Crippen molar-refractivity contribution in [1.29, 1.82) is 0 Å². The summed E-state index contributed by atoms with van der Waals surface area (Å²) in [5.74, 6) is 1.33. The van der Waals surface area contributed by atoms with Gasteiger partial charge in [0.25, 0.3) is 10.0 Å². The molecule has 0 bridgehead atoms. The van der Waals surface area contributed by atoms with Gasteiger partial charge in [-0.3, -0.25) is 9.40 Å². The van der Waals surface area contributed by atoms with Crippen molar-refractivity contribution in [2.45, 2.75) is 11.4 Å². The van der Waals surface area contributed by atoms with Crippen LogP contribution in [0.4, 0.5) is 5.69 Å². The maximum atomic E-state index is 13.4. The Morgan fingerprint density at radius 1 is 0.824 bits per heavy atom. The standard InChI is InChI=1S/C26H21N3O3S2/c30-34(31,28-21-13-15-23(16-14-21)32-22-10-5-2-6-11-22)25-19-29(18-20-8-3-1-4-9-20)27-26(25)24-12-7-17-33-24/h1-17,19,28H,18H2. The van der Waals surface area contributed by atoms with Crippen LogP contribution < -0.4 is 9.46 Å². The monoisotopic (exact) mass is 487 g/mol. The number of aromatic nitrogens is 2. The van der Waals surface area contributed by atoms with E-state index in [4.69, 9.17) is 4.74 Å². The third-order valence-corrected chi connectivity index (χ3v) is 7.30. The number of rotatable bonds is 8. The molecule has 34 heavy (non-hydrogen) atoms. The van der Waals surface area contributed by atoms with E-state index in [9.17, 15) is 8.42 Å². The van der Waals surface area contributed by atoms with E-state index < -0.39 is 10.0 Å². The second kappa shape index (κ2) is 9.54. The highest BCUT2D eigenvalue weighted by atomic mass is 32.2. The maximum Gasteiger partial charge on any atom is 0.265 e. The van der Waals surface area contributed by atoms with Crippen LogP contribution in [0.25, 0.3) is 10.6 Å². The molecule has 2 aromatic heterocycles. The fourth-order valence-electron chi connectivity index (χ4n) is 3.46. The zero-order chi connectivity index (χ0) is 23.4. The Labute approximate surface area is 202 Å². The molecular formula is C26H21N3O3S2. The number of benzene rings is 3. The molecular weight excluding hydrogens is 466 g/mol. The van der Waals surface area contributed by atoms with Crippen molar-refractivity contribution in [3.63, 3.8) is 0 Å². The largest absolute Gasteiger partial charge is 0.457 e. The summed E-state index contributed by atoms with van der Waals surface area (Å²) in [5, 5.41) is 6.51. The Morgan fingerprint density at radius 2 is 1.50 bits per heavy atom. The number of para-hydroxylation sites is 1. The average molecular weight is 488 g/mol. The van der Waals surface area contributed by atoms with Gasteiger partial charge in [0, 0.05) is 11.9 Å². The molecule has 0 saturated carbocycles. The lowest BCUT2D eigenvalue weighted by Gasteiger charge is -2.09. The van der Waals surface area contributed by atoms with Gasteiger partial charge in [0.1, 0.15) is 22.1 Å². The Kier molecular flexibility index (Phi) is 6.16. The Bertz CT molecular complexity index is 1460. The molecule has 1 N–H and O–H groups in total. The molecule has 5 rings (SSSR count). The molecule has 0 aliphatic heterocycles. The number of ether oxygens (including phenoxy) is 1. The number of thiophene rings is 1. The third-order valence-electron chi connectivity index (χ3n) is 5.05. The molecule has 0 atom stereocenters. The van der Waals surface area contributed by atoms with E-state index in [1.54, 1.807) is 35.1 Å². The third kappa shape index (κ3) is 5.03. The first-order valence-corrected chi connectivity index (χ1v) is 12.9. The van der Waals surface area contributed by atoms with Crippen LogP contribution in [0.15, 0.2) is 114 Å². The second-order valence-electron chi connectivity index (χ2n) is 7.55. The molecule has 0 spiro atoms. The highest BCUT2D eigenvalue weighted by Gasteiger charge is 2.24. The number of nitrogens with one attached hydrogen (secondary N) is 1. The van der Waals surface area contributed by atoms with Crippen molar-refractivity contribution < 1.29 is 13.2 Å². The Balaban J connectivity index is 1.40. The van der Waals surface area contributed by atoms with E-state index in [0.717, 1.165) is 10.4 Å². The summed E-state index contributed by atoms with van der Waals surface area (Å²) in [7, 11) is -3.88. The van der Waals surface area contributed by atoms with Gasteiger partial charge in [0.15, 0.2) is 0 Å². The van der Waals surface area contributed by atoms with Crippen LogP contribution in [-0.2, 0) is 16.6 Å². The van der Waals surface area contributed by atoms with Crippen molar-refractivity contribution >= 4 is 27.0 Å². The van der Waals surface area contributed by atoms with Gasteiger partial charge in [0.05, 0.1) is 11.4 Å². The van der Waals surface area contributed by atoms with Crippen LogP contribution in [0.2, 0.25) is 0 Å². The summed E-state index contributed by atoms with van der Waals surface area (Å²) in [6.07, 6.45) is 1.58. The summed E-state index contributed by atoms with van der Waals surface area (Å²) in [6.45, 7) is 0.472. The van der Waals surface area contributed by atoms with Crippen LogP contribution in [0.1, 0.15) is 5.56 Å². The van der Waals surface area contributed by atoms with Gasteiger partial charge in [-0.1, -0.05) is 54.6 Å². The van der Waals surface area contributed by atoms with Crippen molar-refractivity contribution in [1.82, 2.24) is 9.78 Å². The molecule has 8 heteroatoms. The van der Waals surface area contributed by atoms with Crippen LogP contribution in [0.5, 0.6) is 11.5 Å². The van der Waals surface area contributed by atoms with E-state index >= 15 is 0 Å². The lowest BCUT2D eigenvalue weighted by Crippen LogP contribution is -2.13. The minimum atomic E-state index is -3.88. The normalized spacial score (nSPS) is 11.3. The summed E-state index contributed by atoms with van der Waals surface area (Å²) in [6, 6.07) is 29.8.